The molecule has 1 aliphatic heterocycles. The normalized spacial score (nSPS) is 25.1. The van der Waals surface area contributed by atoms with E-state index < -0.39 is 0 Å². The van der Waals surface area contributed by atoms with Crippen molar-refractivity contribution in [2.24, 2.45) is 11.7 Å². The summed E-state index contributed by atoms with van der Waals surface area (Å²) in [5.74, 6) is 0.835. The summed E-state index contributed by atoms with van der Waals surface area (Å²) >= 11 is 0. The second-order valence-corrected chi connectivity index (χ2v) is 5.05. The zero-order chi connectivity index (χ0) is 13.1. The van der Waals surface area contributed by atoms with Crippen LogP contribution in [0.2, 0.25) is 0 Å². The van der Waals surface area contributed by atoms with Crippen LogP contribution < -0.4 is 11.1 Å². The monoisotopic (exact) mass is 252 g/mol. The van der Waals surface area contributed by atoms with Gasteiger partial charge in [0.2, 0.25) is 11.8 Å². The van der Waals surface area contributed by atoms with Gasteiger partial charge in [-0.3, -0.25) is 15.0 Å². The van der Waals surface area contributed by atoms with Crippen LogP contribution in [0.4, 0.5) is 5.88 Å². The van der Waals surface area contributed by atoms with Crippen LogP contribution in [0.5, 0.6) is 0 Å². The number of piperidine rings is 1. The number of nitrogens with zero attached hydrogens (tertiary/aromatic N) is 2. The maximum absolute atomic E-state index is 11.8. The van der Waals surface area contributed by atoms with E-state index in [2.05, 4.69) is 22.3 Å². The van der Waals surface area contributed by atoms with Crippen LogP contribution in [0.3, 0.4) is 0 Å². The fourth-order valence-corrected chi connectivity index (χ4v) is 2.12. The molecule has 1 aromatic rings. The molecule has 3 N–H and O–H groups in total. The number of anilines is 1. The maximum atomic E-state index is 11.8. The van der Waals surface area contributed by atoms with E-state index in [1.165, 1.54) is 0 Å². The topological polar surface area (TPSA) is 84.4 Å². The third-order valence-corrected chi connectivity index (χ3v) is 3.36. The van der Waals surface area contributed by atoms with Crippen LogP contribution in [0.1, 0.15) is 19.0 Å². The average molecular weight is 252 g/mol. The quantitative estimate of drug-likeness (QED) is 0.822. The molecule has 1 aromatic heterocycles. The highest BCUT2D eigenvalue weighted by Crippen LogP contribution is 2.15. The van der Waals surface area contributed by atoms with Crippen molar-refractivity contribution < 1.29 is 9.32 Å². The molecule has 2 unspecified atom stereocenters. The summed E-state index contributed by atoms with van der Waals surface area (Å²) in [6.45, 7) is 5.99. The van der Waals surface area contributed by atoms with Crippen LogP contribution in [-0.4, -0.2) is 41.6 Å². The Bertz CT molecular complexity index is 418. The Balaban J connectivity index is 1.81. The molecule has 0 spiro atoms. The van der Waals surface area contributed by atoms with Crippen LogP contribution in [-0.2, 0) is 4.79 Å². The largest absolute Gasteiger partial charge is 0.338 e. The van der Waals surface area contributed by atoms with Gasteiger partial charge < -0.3 is 10.3 Å². The van der Waals surface area contributed by atoms with Gasteiger partial charge in [-0.05, 0) is 25.8 Å². The van der Waals surface area contributed by atoms with Gasteiger partial charge >= 0.3 is 0 Å². The zero-order valence-electron chi connectivity index (χ0n) is 10.8. The zero-order valence-corrected chi connectivity index (χ0v) is 10.8. The molecule has 2 atom stereocenters. The molecule has 1 aliphatic rings. The Labute approximate surface area is 106 Å². The van der Waals surface area contributed by atoms with Gasteiger partial charge in [0, 0.05) is 18.7 Å². The molecular formula is C12H20N4O2. The van der Waals surface area contributed by atoms with E-state index in [9.17, 15) is 4.79 Å². The van der Waals surface area contributed by atoms with Crippen LogP contribution in [0.15, 0.2) is 10.6 Å². The molecule has 1 amide bonds. The maximum Gasteiger partial charge on any atom is 0.240 e. The first kappa shape index (κ1) is 13.0. The molecule has 0 aromatic carbocycles. The van der Waals surface area contributed by atoms with E-state index in [4.69, 9.17) is 10.3 Å². The number of nitrogens with two attached hydrogens (primary N) is 1. The standard InChI is InChI=1S/C12H20N4O2/c1-8-3-4-16(6-10(8)13)7-11(17)14-12-5-9(2)15-18-12/h5,8,10H,3-4,6-7,13H2,1-2H3,(H,14,17). The molecule has 0 bridgehead atoms. The molecular weight excluding hydrogens is 232 g/mol. The predicted octanol–water partition coefficient (Wildman–Crippen LogP) is 0.591. The first-order valence-corrected chi connectivity index (χ1v) is 6.25. The molecule has 6 heteroatoms. The summed E-state index contributed by atoms with van der Waals surface area (Å²) in [6.07, 6.45) is 1.04. The third kappa shape index (κ3) is 3.30. The van der Waals surface area contributed by atoms with Crippen molar-refractivity contribution in [3.05, 3.63) is 11.8 Å². The summed E-state index contributed by atoms with van der Waals surface area (Å²) in [6, 6.07) is 1.85. The van der Waals surface area contributed by atoms with Gasteiger partial charge in [-0.15, -0.1) is 0 Å². The number of aryl methyl sites for hydroxylation is 1. The number of amides is 1. The lowest BCUT2D eigenvalue weighted by molar-refractivity contribution is -0.117. The first-order valence-electron chi connectivity index (χ1n) is 6.25. The van der Waals surface area contributed by atoms with Crippen molar-refractivity contribution in [1.82, 2.24) is 10.1 Å². The summed E-state index contributed by atoms with van der Waals surface area (Å²) in [5.41, 5.74) is 6.75. The molecule has 6 nitrogen and oxygen atoms in total. The highest BCUT2D eigenvalue weighted by molar-refractivity contribution is 5.90. The van der Waals surface area contributed by atoms with E-state index in [-0.39, 0.29) is 11.9 Å². The first-order chi connectivity index (χ1) is 8.54. The van der Waals surface area contributed by atoms with Crippen molar-refractivity contribution in [3.8, 4) is 0 Å². The van der Waals surface area contributed by atoms with Gasteiger partial charge in [-0.1, -0.05) is 12.1 Å². The van der Waals surface area contributed by atoms with Crippen molar-refractivity contribution in [2.45, 2.75) is 26.3 Å². The number of rotatable bonds is 3. The molecule has 1 saturated heterocycles. The second kappa shape index (κ2) is 5.49. The molecule has 1 fully saturated rings. The number of hydrogen-bond acceptors (Lipinski definition) is 5. The van der Waals surface area contributed by atoms with Crippen LogP contribution >= 0.6 is 0 Å². The van der Waals surface area contributed by atoms with Crippen LogP contribution in [0.25, 0.3) is 0 Å². The van der Waals surface area contributed by atoms with Gasteiger partial charge in [0.25, 0.3) is 0 Å². The number of hydrogen-bond donors (Lipinski definition) is 2. The Morgan fingerprint density at radius 3 is 3.11 bits per heavy atom. The SMILES string of the molecule is Cc1cc(NC(=O)CN2CCC(C)C(N)C2)on1. The summed E-state index contributed by atoms with van der Waals surface area (Å²) in [4.78, 5) is 13.9. The number of likely N-dealkylation sites (tertiary alicyclic amines) is 1. The number of carbonyl (C=O) groups is 1. The van der Waals surface area contributed by atoms with E-state index in [1.54, 1.807) is 6.07 Å². The number of carbonyl (C=O) groups excluding carboxylic acids is 1. The molecule has 2 rings (SSSR count). The van der Waals surface area contributed by atoms with Crippen molar-refractivity contribution in [1.29, 1.82) is 0 Å². The second-order valence-electron chi connectivity index (χ2n) is 5.05. The Morgan fingerprint density at radius 2 is 2.50 bits per heavy atom. The van der Waals surface area contributed by atoms with Gasteiger partial charge in [0.1, 0.15) is 0 Å². The van der Waals surface area contributed by atoms with Gasteiger partial charge in [0.15, 0.2) is 0 Å². The van der Waals surface area contributed by atoms with E-state index in [0.717, 1.165) is 25.2 Å². The minimum atomic E-state index is -0.0899. The number of nitrogens with one attached hydrogen (secondary N) is 1. The molecule has 0 radical (unpaired) electrons. The van der Waals surface area contributed by atoms with Gasteiger partial charge in [-0.2, -0.15) is 0 Å². The third-order valence-electron chi connectivity index (χ3n) is 3.36. The fraction of sp³-hybridized carbons (Fsp3) is 0.667. The highest BCUT2D eigenvalue weighted by Gasteiger charge is 2.24. The minimum Gasteiger partial charge on any atom is -0.338 e. The summed E-state index contributed by atoms with van der Waals surface area (Å²) in [5, 5.41) is 6.40. The van der Waals surface area contributed by atoms with E-state index in [0.29, 0.717) is 18.3 Å². The Kier molecular flexibility index (Phi) is 3.98. The Hall–Kier alpha value is -1.40. The lowest BCUT2D eigenvalue weighted by atomic mass is 9.94. The van der Waals surface area contributed by atoms with E-state index in [1.807, 2.05) is 6.92 Å². The molecule has 18 heavy (non-hydrogen) atoms. The molecule has 0 saturated carbocycles. The van der Waals surface area contributed by atoms with Crippen LogP contribution in [0, 0.1) is 12.8 Å². The lowest BCUT2D eigenvalue weighted by Gasteiger charge is -2.34. The summed E-state index contributed by atoms with van der Waals surface area (Å²) < 4.78 is 4.94. The lowest BCUT2D eigenvalue weighted by Crippen LogP contribution is -2.49. The predicted molar refractivity (Wildman–Crippen MR) is 68.1 cm³/mol. The average Bonchev–Trinajstić information content (AvgIpc) is 2.69. The van der Waals surface area contributed by atoms with Crippen molar-refractivity contribution in [2.75, 3.05) is 25.0 Å². The van der Waals surface area contributed by atoms with Crippen molar-refractivity contribution in [3.63, 3.8) is 0 Å². The van der Waals surface area contributed by atoms with Crippen molar-refractivity contribution >= 4 is 11.8 Å². The molecule has 0 aliphatic carbocycles. The fourth-order valence-electron chi connectivity index (χ4n) is 2.12. The molecule has 100 valence electrons. The van der Waals surface area contributed by atoms with E-state index >= 15 is 0 Å². The Morgan fingerprint density at radius 1 is 1.72 bits per heavy atom. The highest BCUT2D eigenvalue weighted by atomic mass is 16.5. The smallest absolute Gasteiger partial charge is 0.240 e. The van der Waals surface area contributed by atoms with Gasteiger partial charge in [-0.25, -0.2) is 0 Å². The summed E-state index contributed by atoms with van der Waals surface area (Å²) in [7, 11) is 0. The molecule has 2 heterocycles. The number of aromatic nitrogens is 1. The van der Waals surface area contributed by atoms with Gasteiger partial charge in [0.05, 0.1) is 12.2 Å². The minimum absolute atomic E-state index is 0.0899.